The molecular weight excluding hydrogens is 198 g/mol. The van der Waals surface area contributed by atoms with Crippen molar-refractivity contribution in [3.8, 4) is 0 Å². The summed E-state index contributed by atoms with van der Waals surface area (Å²) in [6.07, 6.45) is 5.71. The van der Waals surface area contributed by atoms with E-state index < -0.39 is 0 Å². The van der Waals surface area contributed by atoms with Crippen LogP contribution in [0.2, 0.25) is 0 Å². The molecule has 0 aliphatic carbocycles. The van der Waals surface area contributed by atoms with E-state index in [0.29, 0.717) is 5.84 Å². The summed E-state index contributed by atoms with van der Waals surface area (Å²) in [6, 6.07) is 0. The minimum atomic E-state index is 0.536. The van der Waals surface area contributed by atoms with E-state index in [-0.39, 0.29) is 0 Å². The second kappa shape index (κ2) is 4.84. The van der Waals surface area contributed by atoms with Crippen LogP contribution in [0.25, 0.3) is 0 Å². The summed E-state index contributed by atoms with van der Waals surface area (Å²) in [7, 11) is 1.98. The van der Waals surface area contributed by atoms with Crippen molar-refractivity contribution in [3.05, 3.63) is 47.5 Å². The van der Waals surface area contributed by atoms with Crippen molar-refractivity contribution < 1.29 is 0 Å². The van der Waals surface area contributed by atoms with Gasteiger partial charge in [-0.05, 0) is 32.4 Å². The molecule has 2 N–H and O–H groups in total. The summed E-state index contributed by atoms with van der Waals surface area (Å²) >= 11 is 0. The third-order valence-electron chi connectivity index (χ3n) is 2.74. The normalized spacial score (nSPS) is 20.2. The van der Waals surface area contributed by atoms with Gasteiger partial charge in [0, 0.05) is 18.3 Å². The van der Waals surface area contributed by atoms with Gasteiger partial charge in [0.1, 0.15) is 11.7 Å². The molecule has 3 nitrogen and oxygen atoms in total. The first-order chi connectivity index (χ1) is 7.51. The molecule has 0 aromatic rings. The number of hydrogen-bond donors (Lipinski definition) is 1. The molecule has 0 aromatic carbocycles. The molecule has 0 radical (unpaired) electrons. The van der Waals surface area contributed by atoms with Crippen LogP contribution in [0.3, 0.4) is 0 Å². The number of aliphatic imine (C=N–C) groups is 1. The fraction of sp³-hybridized carbons (Fsp3) is 0.308. The molecule has 0 saturated heterocycles. The van der Waals surface area contributed by atoms with Crippen LogP contribution in [-0.2, 0) is 0 Å². The predicted octanol–water partition coefficient (Wildman–Crippen LogP) is 2.56. The lowest BCUT2D eigenvalue weighted by molar-refractivity contribution is 0.505. The number of hydrogen-bond acceptors (Lipinski definition) is 3. The Bertz CT molecular complexity index is 422. The fourth-order valence-electron chi connectivity index (χ4n) is 1.53. The average Bonchev–Trinajstić information content (AvgIpc) is 2.25. The van der Waals surface area contributed by atoms with Crippen molar-refractivity contribution in [2.45, 2.75) is 20.8 Å². The van der Waals surface area contributed by atoms with Crippen LogP contribution in [0.1, 0.15) is 20.8 Å². The van der Waals surface area contributed by atoms with E-state index in [4.69, 9.17) is 5.73 Å². The predicted molar refractivity (Wildman–Crippen MR) is 69.8 cm³/mol. The summed E-state index contributed by atoms with van der Waals surface area (Å²) in [5.41, 5.74) is 9.00. The quantitative estimate of drug-likeness (QED) is 0.772. The van der Waals surface area contributed by atoms with Crippen molar-refractivity contribution in [2.24, 2.45) is 10.7 Å². The molecule has 86 valence electrons. The Morgan fingerprint density at radius 3 is 2.69 bits per heavy atom. The van der Waals surface area contributed by atoms with Crippen molar-refractivity contribution in [3.63, 3.8) is 0 Å². The summed E-state index contributed by atoms with van der Waals surface area (Å²) in [4.78, 5) is 6.38. The summed E-state index contributed by atoms with van der Waals surface area (Å²) in [5, 5.41) is 0. The molecule has 0 saturated carbocycles. The van der Waals surface area contributed by atoms with Gasteiger partial charge in [0.05, 0.1) is 0 Å². The molecule has 1 aliphatic rings. The molecule has 0 fully saturated rings. The minimum Gasteiger partial charge on any atom is -0.384 e. The zero-order chi connectivity index (χ0) is 12.3. The Kier molecular flexibility index (Phi) is 3.72. The SMILES string of the molecule is C=CC(/C(C)=C\C)=C1/N=C(N)C=C(C)N1C. The molecule has 0 unspecified atom stereocenters. The van der Waals surface area contributed by atoms with Crippen molar-refractivity contribution >= 4 is 5.84 Å². The molecule has 1 heterocycles. The number of nitrogens with zero attached hydrogens (tertiary/aromatic N) is 2. The van der Waals surface area contributed by atoms with Crippen LogP contribution < -0.4 is 5.73 Å². The van der Waals surface area contributed by atoms with Gasteiger partial charge >= 0.3 is 0 Å². The lowest BCUT2D eigenvalue weighted by Crippen LogP contribution is -2.25. The molecule has 3 heteroatoms. The lowest BCUT2D eigenvalue weighted by atomic mass is 10.1. The Morgan fingerprint density at radius 1 is 1.56 bits per heavy atom. The molecular formula is C13H19N3. The maximum absolute atomic E-state index is 5.77. The number of rotatable bonds is 2. The van der Waals surface area contributed by atoms with Crippen molar-refractivity contribution in [1.82, 2.24) is 4.90 Å². The zero-order valence-corrected chi connectivity index (χ0v) is 10.4. The summed E-state index contributed by atoms with van der Waals surface area (Å²) < 4.78 is 0. The first kappa shape index (κ1) is 12.3. The van der Waals surface area contributed by atoms with Crippen LogP contribution in [0.15, 0.2) is 52.5 Å². The zero-order valence-electron chi connectivity index (χ0n) is 10.4. The van der Waals surface area contributed by atoms with Gasteiger partial charge in [-0.15, -0.1) is 0 Å². The Balaban J connectivity index is 3.36. The number of amidine groups is 1. The second-order valence-corrected chi connectivity index (χ2v) is 3.79. The second-order valence-electron chi connectivity index (χ2n) is 3.79. The standard InChI is InChI=1S/C13H19N3/c1-6-9(3)11(7-2)13-15-12(14)8-10(4)16(13)5/h6-8H,2H2,1,3-5H3,(H2,14,15)/b9-6-,13-11+. The van der Waals surface area contributed by atoms with Crippen molar-refractivity contribution in [2.75, 3.05) is 7.05 Å². The highest BCUT2D eigenvalue weighted by atomic mass is 15.2. The third kappa shape index (κ3) is 2.24. The highest BCUT2D eigenvalue weighted by molar-refractivity contribution is 5.93. The summed E-state index contributed by atoms with van der Waals surface area (Å²) in [5.74, 6) is 1.39. The van der Waals surface area contributed by atoms with E-state index >= 15 is 0 Å². The molecule has 0 atom stereocenters. The van der Waals surface area contributed by atoms with Gasteiger partial charge in [-0.2, -0.15) is 0 Å². The molecule has 0 aromatic heterocycles. The molecule has 0 amide bonds. The number of allylic oxidation sites excluding steroid dienone is 5. The molecule has 0 spiro atoms. The van der Waals surface area contributed by atoms with Crippen LogP contribution in [-0.4, -0.2) is 17.8 Å². The van der Waals surface area contributed by atoms with Crippen LogP contribution in [0.5, 0.6) is 0 Å². The van der Waals surface area contributed by atoms with E-state index in [2.05, 4.69) is 11.6 Å². The van der Waals surface area contributed by atoms with Crippen molar-refractivity contribution in [1.29, 1.82) is 0 Å². The van der Waals surface area contributed by atoms with Crippen LogP contribution in [0, 0.1) is 0 Å². The average molecular weight is 217 g/mol. The maximum atomic E-state index is 5.77. The van der Waals surface area contributed by atoms with Gasteiger partial charge < -0.3 is 10.6 Å². The van der Waals surface area contributed by atoms with Gasteiger partial charge in [-0.1, -0.05) is 18.7 Å². The highest BCUT2D eigenvalue weighted by Crippen LogP contribution is 2.24. The molecule has 16 heavy (non-hydrogen) atoms. The smallest absolute Gasteiger partial charge is 0.142 e. The van der Waals surface area contributed by atoms with Crippen LogP contribution >= 0.6 is 0 Å². The Hall–Kier alpha value is -1.77. The van der Waals surface area contributed by atoms with Crippen LogP contribution in [0.4, 0.5) is 0 Å². The summed E-state index contributed by atoms with van der Waals surface area (Å²) in [6.45, 7) is 9.88. The van der Waals surface area contributed by atoms with Gasteiger partial charge in [-0.25, -0.2) is 4.99 Å². The molecule has 1 rings (SSSR count). The van der Waals surface area contributed by atoms with Gasteiger partial charge in [0.25, 0.3) is 0 Å². The van der Waals surface area contributed by atoms with E-state index in [1.54, 1.807) is 0 Å². The first-order valence-electron chi connectivity index (χ1n) is 5.27. The molecule has 1 aliphatic heterocycles. The highest BCUT2D eigenvalue weighted by Gasteiger charge is 2.15. The van der Waals surface area contributed by atoms with E-state index in [0.717, 1.165) is 22.7 Å². The third-order valence-corrected chi connectivity index (χ3v) is 2.74. The Labute approximate surface area is 97.3 Å². The van der Waals surface area contributed by atoms with Gasteiger partial charge in [0.15, 0.2) is 0 Å². The van der Waals surface area contributed by atoms with Gasteiger partial charge in [0.2, 0.25) is 0 Å². The topological polar surface area (TPSA) is 41.6 Å². The van der Waals surface area contributed by atoms with E-state index in [1.165, 1.54) is 0 Å². The van der Waals surface area contributed by atoms with Gasteiger partial charge in [-0.3, -0.25) is 0 Å². The maximum Gasteiger partial charge on any atom is 0.142 e. The first-order valence-corrected chi connectivity index (χ1v) is 5.27. The lowest BCUT2D eigenvalue weighted by Gasteiger charge is -2.26. The minimum absolute atomic E-state index is 0.536. The van der Waals surface area contributed by atoms with E-state index in [9.17, 15) is 0 Å². The Morgan fingerprint density at radius 2 is 2.19 bits per heavy atom. The number of nitrogens with two attached hydrogens (primary N) is 1. The monoisotopic (exact) mass is 217 g/mol. The largest absolute Gasteiger partial charge is 0.384 e. The van der Waals surface area contributed by atoms with E-state index in [1.807, 2.05) is 50.9 Å². The fourth-order valence-corrected chi connectivity index (χ4v) is 1.53. The molecule has 0 bridgehead atoms.